The van der Waals surface area contributed by atoms with E-state index in [0.29, 0.717) is 0 Å². The van der Waals surface area contributed by atoms with Gasteiger partial charge in [-0.15, -0.1) is 11.8 Å². The minimum absolute atomic E-state index is 0.185. The highest BCUT2D eigenvalue weighted by Crippen LogP contribution is 2.38. The normalized spacial score (nSPS) is 12.0. The van der Waals surface area contributed by atoms with Crippen molar-refractivity contribution >= 4 is 17.7 Å². The van der Waals surface area contributed by atoms with Crippen LogP contribution in [-0.2, 0) is 4.79 Å². The molecule has 2 aromatic rings. The number of aryl methyl sites for hydroxylation is 1. The molecule has 0 saturated heterocycles. The second-order valence-electron chi connectivity index (χ2n) is 5.18. The number of nitrogens with zero attached hydrogens (tertiary/aromatic N) is 1. The Hall–Kier alpha value is -1.74. The average molecular weight is 313 g/mol. The Labute approximate surface area is 137 Å². The molecule has 0 aliphatic carbocycles. The number of rotatable bonds is 6. The van der Waals surface area contributed by atoms with E-state index in [1.54, 1.807) is 11.8 Å². The van der Waals surface area contributed by atoms with Crippen molar-refractivity contribution in [3.8, 4) is 0 Å². The van der Waals surface area contributed by atoms with Crippen LogP contribution in [0.25, 0.3) is 0 Å². The summed E-state index contributed by atoms with van der Waals surface area (Å²) in [5, 5.41) is -0.192. The first kappa shape index (κ1) is 16.6. The van der Waals surface area contributed by atoms with Crippen LogP contribution in [0.3, 0.4) is 0 Å². The van der Waals surface area contributed by atoms with Gasteiger partial charge in [-0.25, -0.2) is 0 Å². The van der Waals surface area contributed by atoms with Crippen LogP contribution in [0.2, 0.25) is 0 Å². The van der Waals surface area contributed by atoms with Crippen LogP contribution in [-0.4, -0.2) is 23.9 Å². The van der Waals surface area contributed by atoms with Crippen LogP contribution >= 0.6 is 11.8 Å². The van der Waals surface area contributed by atoms with Crippen molar-refractivity contribution < 1.29 is 4.79 Å². The molecule has 0 heterocycles. The van der Waals surface area contributed by atoms with Gasteiger partial charge in [0.2, 0.25) is 5.91 Å². The lowest BCUT2D eigenvalue weighted by atomic mass is 10.1. The molecule has 2 aromatic carbocycles. The molecule has 1 unspecified atom stereocenters. The van der Waals surface area contributed by atoms with Crippen molar-refractivity contribution in [1.82, 2.24) is 4.90 Å². The summed E-state index contributed by atoms with van der Waals surface area (Å²) in [5.41, 5.74) is 2.27. The number of carbonyl (C=O) groups is 1. The lowest BCUT2D eigenvalue weighted by molar-refractivity contribution is -0.130. The van der Waals surface area contributed by atoms with Crippen LogP contribution < -0.4 is 0 Å². The number of hydrogen-bond acceptors (Lipinski definition) is 2. The highest BCUT2D eigenvalue weighted by Gasteiger charge is 2.25. The number of amides is 1. The van der Waals surface area contributed by atoms with Crippen LogP contribution in [0.15, 0.2) is 59.5 Å². The molecule has 0 saturated carbocycles. The van der Waals surface area contributed by atoms with Crippen molar-refractivity contribution in [3.63, 3.8) is 0 Å². The SMILES string of the molecule is CCN(CC)C(=O)C(Sc1ccccc1C)c1ccccc1. The zero-order valence-electron chi connectivity index (χ0n) is 13.5. The molecule has 0 aliphatic rings. The van der Waals surface area contributed by atoms with E-state index in [2.05, 4.69) is 19.1 Å². The second-order valence-corrected chi connectivity index (χ2v) is 6.33. The van der Waals surface area contributed by atoms with E-state index in [9.17, 15) is 4.79 Å². The molecule has 0 spiro atoms. The zero-order valence-corrected chi connectivity index (χ0v) is 14.3. The molecule has 0 bridgehead atoms. The van der Waals surface area contributed by atoms with Crippen molar-refractivity contribution in [2.24, 2.45) is 0 Å². The molecule has 2 rings (SSSR count). The van der Waals surface area contributed by atoms with Gasteiger partial charge >= 0.3 is 0 Å². The third kappa shape index (κ3) is 3.92. The van der Waals surface area contributed by atoms with E-state index in [1.807, 2.05) is 61.2 Å². The Morgan fingerprint density at radius 2 is 1.59 bits per heavy atom. The fourth-order valence-electron chi connectivity index (χ4n) is 2.41. The van der Waals surface area contributed by atoms with E-state index in [0.717, 1.165) is 23.5 Å². The number of hydrogen-bond donors (Lipinski definition) is 0. The highest BCUT2D eigenvalue weighted by atomic mass is 32.2. The Kier molecular flexibility index (Phi) is 6.08. The van der Waals surface area contributed by atoms with Gasteiger partial charge in [0.05, 0.1) is 0 Å². The topological polar surface area (TPSA) is 20.3 Å². The Balaban J connectivity index is 2.34. The van der Waals surface area contributed by atoms with Crippen LogP contribution in [0.5, 0.6) is 0 Å². The molecular weight excluding hydrogens is 290 g/mol. The van der Waals surface area contributed by atoms with Crippen molar-refractivity contribution in [2.75, 3.05) is 13.1 Å². The summed E-state index contributed by atoms with van der Waals surface area (Å²) in [6.45, 7) is 7.63. The van der Waals surface area contributed by atoms with E-state index in [-0.39, 0.29) is 11.2 Å². The van der Waals surface area contributed by atoms with Gasteiger partial charge in [-0.3, -0.25) is 4.79 Å². The van der Waals surface area contributed by atoms with Crippen molar-refractivity contribution in [2.45, 2.75) is 30.9 Å². The summed E-state index contributed by atoms with van der Waals surface area (Å²) in [4.78, 5) is 16.0. The van der Waals surface area contributed by atoms with E-state index in [1.165, 1.54) is 5.56 Å². The standard InChI is InChI=1S/C19H23NOS/c1-4-20(5-2)19(21)18(16-12-7-6-8-13-16)22-17-14-10-9-11-15(17)3/h6-14,18H,4-5H2,1-3H3. The van der Waals surface area contributed by atoms with Crippen LogP contribution in [0.1, 0.15) is 30.2 Å². The number of likely N-dealkylation sites (N-methyl/N-ethyl adjacent to an activating group) is 1. The Morgan fingerprint density at radius 1 is 1.00 bits per heavy atom. The van der Waals surface area contributed by atoms with E-state index < -0.39 is 0 Å². The summed E-state index contributed by atoms with van der Waals surface area (Å²) < 4.78 is 0. The quantitative estimate of drug-likeness (QED) is 0.721. The predicted octanol–water partition coefficient (Wildman–Crippen LogP) is 4.70. The van der Waals surface area contributed by atoms with Gasteiger partial charge in [0.15, 0.2) is 0 Å². The molecule has 0 N–H and O–H groups in total. The minimum atomic E-state index is -0.192. The van der Waals surface area contributed by atoms with Crippen molar-refractivity contribution in [1.29, 1.82) is 0 Å². The fourth-order valence-corrected chi connectivity index (χ4v) is 3.61. The van der Waals surface area contributed by atoms with Gasteiger partial charge in [-0.1, -0.05) is 48.5 Å². The molecule has 1 atom stereocenters. The molecule has 0 aromatic heterocycles. The lowest BCUT2D eigenvalue weighted by Crippen LogP contribution is -2.33. The maximum atomic E-state index is 12.9. The summed E-state index contributed by atoms with van der Waals surface area (Å²) in [7, 11) is 0. The molecule has 3 heteroatoms. The molecule has 116 valence electrons. The maximum Gasteiger partial charge on any atom is 0.240 e. The largest absolute Gasteiger partial charge is 0.342 e. The average Bonchev–Trinajstić information content (AvgIpc) is 2.56. The van der Waals surface area contributed by atoms with Crippen LogP contribution in [0, 0.1) is 6.92 Å². The van der Waals surface area contributed by atoms with Crippen LogP contribution in [0.4, 0.5) is 0 Å². The minimum Gasteiger partial charge on any atom is -0.342 e. The lowest BCUT2D eigenvalue weighted by Gasteiger charge is -2.25. The third-order valence-electron chi connectivity index (χ3n) is 3.74. The third-order valence-corrected chi connectivity index (χ3v) is 5.16. The number of carbonyl (C=O) groups excluding carboxylic acids is 1. The number of benzene rings is 2. The second kappa shape index (κ2) is 8.04. The molecule has 0 radical (unpaired) electrons. The van der Waals surface area contributed by atoms with Gasteiger partial charge in [-0.05, 0) is 38.0 Å². The maximum absolute atomic E-state index is 12.9. The first-order chi connectivity index (χ1) is 10.7. The highest BCUT2D eigenvalue weighted by molar-refractivity contribution is 8.00. The van der Waals surface area contributed by atoms with Gasteiger partial charge in [0, 0.05) is 18.0 Å². The molecule has 2 nitrogen and oxygen atoms in total. The summed E-state index contributed by atoms with van der Waals surface area (Å²) >= 11 is 1.64. The fraction of sp³-hybridized carbons (Fsp3) is 0.316. The summed E-state index contributed by atoms with van der Waals surface area (Å²) in [6, 6.07) is 18.3. The van der Waals surface area contributed by atoms with Gasteiger partial charge in [-0.2, -0.15) is 0 Å². The first-order valence-electron chi connectivity index (χ1n) is 7.73. The molecular formula is C19H23NOS. The Bertz CT molecular complexity index is 608. The molecule has 0 aliphatic heterocycles. The van der Waals surface area contributed by atoms with Gasteiger partial charge in [0.1, 0.15) is 5.25 Å². The summed E-state index contributed by atoms with van der Waals surface area (Å²) in [6.07, 6.45) is 0. The molecule has 0 fully saturated rings. The van der Waals surface area contributed by atoms with Gasteiger partial charge in [0.25, 0.3) is 0 Å². The van der Waals surface area contributed by atoms with E-state index in [4.69, 9.17) is 0 Å². The molecule has 22 heavy (non-hydrogen) atoms. The van der Waals surface area contributed by atoms with E-state index >= 15 is 0 Å². The first-order valence-corrected chi connectivity index (χ1v) is 8.61. The predicted molar refractivity (Wildman–Crippen MR) is 94.1 cm³/mol. The monoisotopic (exact) mass is 313 g/mol. The molecule has 1 amide bonds. The van der Waals surface area contributed by atoms with Crippen molar-refractivity contribution in [3.05, 3.63) is 65.7 Å². The summed E-state index contributed by atoms with van der Waals surface area (Å²) in [5.74, 6) is 0.185. The smallest absolute Gasteiger partial charge is 0.240 e. The van der Waals surface area contributed by atoms with Gasteiger partial charge < -0.3 is 4.90 Å². The Morgan fingerprint density at radius 3 is 2.18 bits per heavy atom. The number of thioether (sulfide) groups is 1. The zero-order chi connectivity index (χ0) is 15.9.